The highest BCUT2D eigenvalue weighted by molar-refractivity contribution is 9.10. The molecule has 4 heteroatoms. The summed E-state index contributed by atoms with van der Waals surface area (Å²) in [5.41, 5.74) is 1.91. The van der Waals surface area contributed by atoms with Crippen molar-refractivity contribution in [3.63, 3.8) is 0 Å². The smallest absolute Gasteiger partial charge is 0.290 e. The Morgan fingerprint density at radius 3 is 2.53 bits per heavy atom. The van der Waals surface area contributed by atoms with Gasteiger partial charge < -0.3 is 0 Å². The number of hydrogen-bond donors (Lipinski definition) is 0. The van der Waals surface area contributed by atoms with Crippen LogP contribution in [0.25, 0.3) is 0 Å². The lowest BCUT2D eigenvalue weighted by atomic mass is 10.1. The van der Waals surface area contributed by atoms with Crippen LogP contribution in [0.2, 0.25) is 0 Å². The Hall–Kier alpha value is -1.42. The molecular formula is C13H14BrN2O+. The molecule has 0 saturated carbocycles. The molecule has 1 heterocycles. The van der Waals surface area contributed by atoms with Gasteiger partial charge in [0.05, 0.1) is 7.05 Å². The monoisotopic (exact) mass is 293 g/mol. The third-order valence-electron chi connectivity index (χ3n) is 2.69. The van der Waals surface area contributed by atoms with E-state index in [0.29, 0.717) is 6.54 Å². The van der Waals surface area contributed by atoms with Crippen molar-refractivity contribution in [2.75, 3.05) is 0 Å². The zero-order valence-electron chi connectivity index (χ0n) is 9.85. The molecule has 17 heavy (non-hydrogen) atoms. The van der Waals surface area contributed by atoms with Gasteiger partial charge in [-0.25, -0.2) is 9.13 Å². The van der Waals surface area contributed by atoms with Gasteiger partial charge in [-0.15, -0.1) is 0 Å². The Bertz CT molecular complexity index is 543. The molecule has 88 valence electrons. The number of aromatic nitrogens is 2. The number of imidazole rings is 1. The average molecular weight is 294 g/mol. The lowest BCUT2D eigenvalue weighted by Crippen LogP contribution is -2.27. The van der Waals surface area contributed by atoms with Crippen molar-refractivity contribution in [3.8, 4) is 0 Å². The van der Waals surface area contributed by atoms with E-state index >= 15 is 0 Å². The molecule has 0 atom stereocenters. The van der Waals surface area contributed by atoms with Crippen molar-refractivity contribution < 1.29 is 9.36 Å². The first-order valence-electron chi connectivity index (χ1n) is 5.38. The molecule has 1 aromatic carbocycles. The standard InChI is InChI=1S/C13H14BrN2O/c1-10-3-5-11(6-4-10)12(17)9-16-8-7-15(2)13(16)14/h3-8H,9H2,1-2H3/q+1. The minimum absolute atomic E-state index is 0.113. The first-order valence-corrected chi connectivity index (χ1v) is 6.17. The van der Waals surface area contributed by atoms with Crippen LogP contribution in [0.15, 0.2) is 41.4 Å². The van der Waals surface area contributed by atoms with Crippen LogP contribution >= 0.6 is 15.9 Å². The molecule has 0 unspecified atom stereocenters. The Morgan fingerprint density at radius 1 is 1.35 bits per heavy atom. The SMILES string of the molecule is Cc1ccc(C(=O)Cn2cc[n+](C)c2Br)cc1. The highest BCUT2D eigenvalue weighted by Gasteiger charge is 2.15. The van der Waals surface area contributed by atoms with Gasteiger partial charge >= 0.3 is 4.73 Å². The highest BCUT2D eigenvalue weighted by Crippen LogP contribution is 2.08. The Morgan fingerprint density at radius 2 is 2.00 bits per heavy atom. The zero-order chi connectivity index (χ0) is 12.4. The minimum Gasteiger partial charge on any atom is -0.290 e. The van der Waals surface area contributed by atoms with Crippen LogP contribution in [0, 0.1) is 6.92 Å². The topological polar surface area (TPSA) is 25.9 Å². The van der Waals surface area contributed by atoms with Crippen molar-refractivity contribution in [1.29, 1.82) is 0 Å². The van der Waals surface area contributed by atoms with Gasteiger partial charge in [-0.1, -0.05) is 29.8 Å². The lowest BCUT2D eigenvalue weighted by molar-refractivity contribution is -0.682. The van der Waals surface area contributed by atoms with E-state index in [0.717, 1.165) is 15.9 Å². The number of ketones is 1. The molecule has 1 aromatic heterocycles. The Balaban J connectivity index is 2.17. The second-order valence-electron chi connectivity index (χ2n) is 4.10. The van der Waals surface area contributed by atoms with Crippen LogP contribution in [0.5, 0.6) is 0 Å². The van der Waals surface area contributed by atoms with Crippen LogP contribution in [0.4, 0.5) is 0 Å². The molecule has 0 fully saturated rings. The fourth-order valence-electron chi connectivity index (χ4n) is 1.61. The van der Waals surface area contributed by atoms with E-state index in [2.05, 4.69) is 15.9 Å². The summed E-state index contributed by atoms with van der Waals surface area (Å²) in [6.07, 6.45) is 3.79. The third-order valence-corrected chi connectivity index (χ3v) is 3.70. The van der Waals surface area contributed by atoms with Gasteiger partial charge in [-0.3, -0.25) is 4.79 Å². The van der Waals surface area contributed by atoms with Crippen LogP contribution in [0.1, 0.15) is 15.9 Å². The molecule has 0 amide bonds. The summed E-state index contributed by atoms with van der Waals surface area (Å²) in [7, 11) is 1.93. The van der Waals surface area contributed by atoms with E-state index in [-0.39, 0.29) is 5.78 Å². The van der Waals surface area contributed by atoms with E-state index in [1.54, 1.807) is 0 Å². The second-order valence-corrected chi connectivity index (χ2v) is 4.80. The molecule has 0 saturated heterocycles. The average Bonchev–Trinajstić information content (AvgIpc) is 2.62. The normalized spacial score (nSPS) is 10.5. The van der Waals surface area contributed by atoms with Crippen LogP contribution in [0.3, 0.4) is 0 Å². The van der Waals surface area contributed by atoms with Gasteiger partial charge in [0.2, 0.25) is 5.78 Å². The maximum atomic E-state index is 12.0. The van der Waals surface area contributed by atoms with Crippen LogP contribution in [-0.4, -0.2) is 10.4 Å². The van der Waals surface area contributed by atoms with Crippen LogP contribution in [-0.2, 0) is 13.6 Å². The summed E-state index contributed by atoms with van der Waals surface area (Å²) in [5, 5.41) is 0. The predicted molar refractivity (Wildman–Crippen MR) is 68.8 cm³/mol. The van der Waals surface area contributed by atoms with Gasteiger partial charge in [-0.2, -0.15) is 0 Å². The number of hydrogen-bond acceptors (Lipinski definition) is 1. The van der Waals surface area contributed by atoms with Crippen molar-refractivity contribution in [2.45, 2.75) is 13.5 Å². The first-order chi connectivity index (χ1) is 8.08. The minimum atomic E-state index is 0.113. The van der Waals surface area contributed by atoms with Gasteiger partial charge in [-0.05, 0) is 6.92 Å². The van der Waals surface area contributed by atoms with Gasteiger partial charge in [0, 0.05) is 21.5 Å². The van der Waals surface area contributed by atoms with Gasteiger partial charge in [0.25, 0.3) is 0 Å². The molecule has 3 nitrogen and oxygen atoms in total. The van der Waals surface area contributed by atoms with Crippen molar-refractivity contribution in [3.05, 3.63) is 52.5 Å². The lowest BCUT2D eigenvalue weighted by Gasteiger charge is -2.00. The number of benzene rings is 1. The van der Waals surface area contributed by atoms with E-state index in [4.69, 9.17) is 0 Å². The number of carbonyl (C=O) groups is 1. The summed E-state index contributed by atoms with van der Waals surface area (Å²) < 4.78 is 4.68. The number of aryl methyl sites for hydroxylation is 2. The Labute approximate surface area is 109 Å². The fraction of sp³-hybridized carbons (Fsp3) is 0.231. The number of rotatable bonds is 3. The molecule has 0 spiro atoms. The quantitative estimate of drug-likeness (QED) is 0.630. The molecule has 0 N–H and O–H groups in total. The Kier molecular flexibility index (Phi) is 3.43. The maximum Gasteiger partial charge on any atom is 0.325 e. The van der Waals surface area contributed by atoms with E-state index < -0.39 is 0 Å². The summed E-state index contributed by atoms with van der Waals surface area (Å²) in [6, 6.07) is 7.65. The first kappa shape index (κ1) is 12.0. The largest absolute Gasteiger partial charge is 0.325 e. The van der Waals surface area contributed by atoms with E-state index in [1.807, 2.05) is 59.8 Å². The summed E-state index contributed by atoms with van der Waals surface area (Å²) in [5.74, 6) is 0.113. The van der Waals surface area contributed by atoms with Gasteiger partial charge in [0.15, 0.2) is 6.54 Å². The third kappa shape index (κ3) is 2.64. The molecule has 0 aliphatic rings. The number of carbonyl (C=O) groups excluding carboxylic acids is 1. The van der Waals surface area contributed by atoms with E-state index in [1.165, 1.54) is 0 Å². The predicted octanol–water partition coefficient (Wildman–Crippen LogP) is 2.27. The molecule has 2 aromatic rings. The van der Waals surface area contributed by atoms with Gasteiger partial charge in [0.1, 0.15) is 12.4 Å². The fourth-order valence-corrected chi connectivity index (χ4v) is 1.97. The molecule has 0 bridgehead atoms. The zero-order valence-corrected chi connectivity index (χ0v) is 11.4. The van der Waals surface area contributed by atoms with Crippen molar-refractivity contribution >= 4 is 21.7 Å². The molecule has 0 aliphatic heterocycles. The van der Waals surface area contributed by atoms with Crippen LogP contribution < -0.4 is 4.57 Å². The summed E-state index contributed by atoms with van der Waals surface area (Å²) >= 11 is 3.44. The molecule has 0 radical (unpaired) electrons. The van der Waals surface area contributed by atoms with Crippen molar-refractivity contribution in [2.24, 2.45) is 7.05 Å². The second kappa shape index (κ2) is 4.84. The molecular weight excluding hydrogens is 280 g/mol. The highest BCUT2D eigenvalue weighted by atomic mass is 79.9. The molecule has 2 rings (SSSR count). The molecule has 0 aliphatic carbocycles. The summed E-state index contributed by atoms with van der Waals surface area (Å²) in [4.78, 5) is 12.0. The summed E-state index contributed by atoms with van der Waals surface area (Å²) in [6.45, 7) is 2.36. The number of nitrogens with zero attached hydrogens (tertiary/aromatic N) is 2. The van der Waals surface area contributed by atoms with E-state index in [9.17, 15) is 4.79 Å². The number of halogens is 1. The number of Topliss-reactive ketones (excluding diaryl/α,β-unsaturated/α-hetero) is 1. The van der Waals surface area contributed by atoms with Crippen molar-refractivity contribution in [1.82, 2.24) is 4.57 Å². The maximum absolute atomic E-state index is 12.0.